The molecule has 0 spiro atoms. The summed E-state index contributed by atoms with van der Waals surface area (Å²) in [4.78, 5) is 11.6. The van der Waals surface area contributed by atoms with Gasteiger partial charge < -0.3 is 10.1 Å². The predicted molar refractivity (Wildman–Crippen MR) is 71.9 cm³/mol. The second-order valence-corrected chi connectivity index (χ2v) is 5.20. The Kier molecular flexibility index (Phi) is 4.57. The van der Waals surface area contributed by atoms with Crippen LogP contribution in [0.1, 0.15) is 13.3 Å². The van der Waals surface area contributed by atoms with Crippen molar-refractivity contribution in [3.63, 3.8) is 0 Å². The first kappa shape index (κ1) is 13.3. The first-order chi connectivity index (χ1) is 8.63. The van der Waals surface area contributed by atoms with Gasteiger partial charge in [0.15, 0.2) is 6.61 Å². The molecule has 1 aliphatic rings. The van der Waals surface area contributed by atoms with Gasteiger partial charge in [0.05, 0.1) is 6.17 Å². The van der Waals surface area contributed by atoms with Crippen LogP contribution in [-0.4, -0.2) is 24.7 Å². The summed E-state index contributed by atoms with van der Waals surface area (Å²) in [7, 11) is 0. The molecule has 1 aliphatic heterocycles. The number of amides is 1. The summed E-state index contributed by atoms with van der Waals surface area (Å²) in [5, 5.41) is 2.84. The van der Waals surface area contributed by atoms with Crippen LogP contribution in [0, 0.1) is 0 Å². The van der Waals surface area contributed by atoms with E-state index in [9.17, 15) is 4.79 Å². The number of hydrogen-bond donors (Lipinski definition) is 3. The Labute approximate surface area is 114 Å². The largest absolute Gasteiger partial charge is 0.484 e. The monoisotopic (exact) mass is 313 g/mol. The second-order valence-electron chi connectivity index (χ2n) is 4.29. The minimum Gasteiger partial charge on any atom is -0.484 e. The molecule has 2 atom stereocenters. The Morgan fingerprint density at radius 3 is 2.78 bits per heavy atom. The van der Waals surface area contributed by atoms with Gasteiger partial charge in [-0.05, 0) is 37.6 Å². The van der Waals surface area contributed by atoms with Gasteiger partial charge in [0, 0.05) is 10.5 Å². The molecule has 0 bridgehead atoms. The maximum atomic E-state index is 11.6. The third-order valence-electron chi connectivity index (χ3n) is 2.61. The molecule has 0 radical (unpaired) electrons. The first-order valence-corrected chi connectivity index (χ1v) is 6.61. The standard InChI is InChI=1S/C12H16BrN3O2/c1-8-6-11(16-15-8)14-12(17)7-18-10-4-2-9(13)3-5-10/h2-5,8,11,15-16H,6-7H2,1H3,(H,14,17). The molecule has 1 amide bonds. The van der Waals surface area contributed by atoms with Crippen LogP contribution in [0.4, 0.5) is 0 Å². The van der Waals surface area contributed by atoms with Gasteiger partial charge in [-0.3, -0.25) is 10.2 Å². The molecule has 2 unspecified atom stereocenters. The number of hydrogen-bond acceptors (Lipinski definition) is 4. The fraction of sp³-hybridized carbons (Fsp3) is 0.417. The third kappa shape index (κ3) is 3.97. The first-order valence-electron chi connectivity index (χ1n) is 5.82. The van der Waals surface area contributed by atoms with Gasteiger partial charge in [-0.25, -0.2) is 5.43 Å². The summed E-state index contributed by atoms with van der Waals surface area (Å²) in [6.45, 7) is 2.08. The van der Waals surface area contributed by atoms with E-state index < -0.39 is 0 Å². The van der Waals surface area contributed by atoms with Gasteiger partial charge in [0.1, 0.15) is 5.75 Å². The molecule has 0 saturated carbocycles. The smallest absolute Gasteiger partial charge is 0.259 e. The second kappa shape index (κ2) is 6.17. The lowest BCUT2D eigenvalue weighted by Crippen LogP contribution is -2.45. The van der Waals surface area contributed by atoms with Crippen LogP contribution in [0.15, 0.2) is 28.7 Å². The van der Waals surface area contributed by atoms with E-state index in [1.165, 1.54) is 0 Å². The summed E-state index contributed by atoms with van der Waals surface area (Å²) < 4.78 is 6.36. The maximum Gasteiger partial charge on any atom is 0.259 e. The summed E-state index contributed by atoms with van der Waals surface area (Å²) in [5.74, 6) is 0.547. The fourth-order valence-electron chi connectivity index (χ4n) is 1.72. The summed E-state index contributed by atoms with van der Waals surface area (Å²) in [5.41, 5.74) is 6.04. The van der Waals surface area contributed by atoms with Crippen LogP contribution in [0.5, 0.6) is 5.75 Å². The van der Waals surface area contributed by atoms with Gasteiger partial charge in [-0.1, -0.05) is 15.9 Å². The summed E-state index contributed by atoms with van der Waals surface area (Å²) in [6, 6.07) is 7.74. The lowest BCUT2D eigenvalue weighted by molar-refractivity contribution is -0.123. The number of halogens is 1. The minimum absolute atomic E-state index is 0.0220. The van der Waals surface area contributed by atoms with Crippen LogP contribution in [0.3, 0.4) is 0 Å². The highest BCUT2D eigenvalue weighted by molar-refractivity contribution is 9.10. The van der Waals surface area contributed by atoms with Crippen LogP contribution in [-0.2, 0) is 4.79 Å². The average molecular weight is 314 g/mol. The Bertz CT molecular complexity index is 410. The van der Waals surface area contributed by atoms with Gasteiger partial charge in [-0.15, -0.1) is 0 Å². The minimum atomic E-state index is -0.133. The van der Waals surface area contributed by atoms with Crippen LogP contribution >= 0.6 is 15.9 Å². The molecule has 1 aromatic rings. The summed E-state index contributed by atoms with van der Waals surface area (Å²) in [6.07, 6.45) is 0.838. The Hall–Kier alpha value is -1.11. The van der Waals surface area contributed by atoms with Gasteiger partial charge >= 0.3 is 0 Å². The molecule has 0 aliphatic carbocycles. The van der Waals surface area contributed by atoms with Crippen molar-refractivity contribution in [2.24, 2.45) is 0 Å². The third-order valence-corrected chi connectivity index (χ3v) is 3.14. The van der Waals surface area contributed by atoms with Gasteiger partial charge in [-0.2, -0.15) is 0 Å². The molecule has 0 aromatic heterocycles. The van der Waals surface area contributed by atoms with Crippen LogP contribution in [0.25, 0.3) is 0 Å². The highest BCUT2D eigenvalue weighted by Gasteiger charge is 2.21. The van der Waals surface area contributed by atoms with Crippen molar-refractivity contribution in [1.82, 2.24) is 16.2 Å². The quantitative estimate of drug-likeness (QED) is 0.780. The van der Waals surface area contributed by atoms with Crippen molar-refractivity contribution >= 4 is 21.8 Å². The number of rotatable bonds is 4. The normalized spacial score (nSPS) is 22.8. The van der Waals surface area contributed by atoms with Crippen molar-refractivity contribution in [3.05, 3.63) is 28.7 Å². The number of ether oxygens (including phenoxy) is 1. The van der Waals surface area contributed by atoms with Crippen molar-refractivity contribution in [3.8, 4) is 5.75 Å². The van der Waals surface area contributed by atoms with E-state index in [4.69, 9.17) is 4.74 Å². The molecule has 5 nitrogen and oxygen atoms in total. The lowest BCUT2D eigenvalue weighted by Gasteiger charge is -2.12. The van der Waals surface area contributed by atoms with Crippen molar-refractivity contribution in [2.75, 3.05) is 6.61 Å². The predicted octanol–water partition coefficient (Wildman–Crippen LogP) is 1.16. The highest BCUT2D eigenvalue weighted by atomic mass is 79.9. The molecular weight excluding hydrogens is 298 g/mol. The Balaban J connectivity index is 1.73. The van der Waals surface area contributed by atoms with E-state index in [1.54, 1.807) is 0 Å². The molecule has 1 saturated heterocycles. The molecular formula is C12H16BrN3O2. The number of carbonyl (C=O) groups excluding carboxylic acids is 1. The number of carbonyl (C=O) groups is 1. The van der Waals surface area contributed by atoms with E-state index in [1.807, 2.05) is 24.3 Å². The van der Waals surface area contributed by atoms with Crippen LogP contribution < -0.4 is 20.9 Å². The zero-order chi connectivity index (χ0) is 13.0. The van der Waals surface area contributed by atoms with E-state index in [0.717, 1.165) is 10.9 Å². The molecule has 3 N–H and O–H groups in total. The molecule has 98 valence electrons. The Morgan fingerprint density at radius 2 is 2.17 bits per heavy atom. The van der Waals surface area contributed by atoms with E-state index in [0.29, 0.717) is 11.8 Å². The number of nitrogens with one attached hydrogen (secondary N) is 3. The Morgan fingerprint density at radius 1 is 1.44 bits per heavy atom. The maximum absolute atomic E-state index is 11.6. The average Bonchev–Trinajstić information content (AvgIpc) is 2.74. The number of hydrazine groups is 1. The highest BCUT2D eigenvalue weighted by Crippen LogP contribution is 2.15. The number of benzene rings is 1. The molecule has 1 fully saturated rings. The van der Waals surface area contributed by atoms with E-state index in [-0.39, 0.29) is 18.7 Å². The van der Waals surface area contributed by atoms with Crippen molar-refractivity contribution in [1.29, 1.82) is 0 Å². The van der Waals surface area contributed by atoms with Gasteiger partial charge in [0.2, 0.25) is 0 Å². The fourth-order valence-corrected chi connectivity index (χ4v) is 1.99. The molecule has 1 aromatic carbocycles. The summed E-state index contributed by atoms with van der Waals surface area (Å²) >= 11 is 3.34. The molecule has 6 heteroatoms. The van der Waals surface area contributed by atoms with Crippen molar-refractivity contribution in [2.45, 2.75) is 25.6 Å². The van der Waals surface area contributed by atoms with E-state index in [2.05, 4.69) is 39.0 Å². The zero-order valence-electron chi connectivity index (χ0n) is 10.1. The SMILES string of the molecule is CC1CC(NC(=O)COc2ccc(Br)cc2)NN1. The van der Waals surface area contributed by atoms with Crippen molar-refractivity contribution < 1.29 is 9.53 Å². The van der Waals surface area contributed by atoms with Crippen LogP contribution in [0.2, 0.25) is 0 Å². The zero-order valence-corrected chi connectivity index (χ0v) is 11.7. The molecule has 1 heterocycles. The van der Waals surface area contributed by atoms with E-state index >= 15 is 0 Å². The lowest BCUT2D eigenvalue weighted by atomic mass is 10.2. The molecule has 18 heavy (non-hydrogen) atoms. The topological polar surface area (TPSA) is 62.4 Å². The molecule has 2 rings (SSSR count). The van der Waals surface area contributed by atoms with Gasteiger partial charge in [0.25, 0.3) is 5.91 Å².